The molecule has 1 amide bonds. The lowest BCUT2D eigenvalue weighted by molar-refractivity contribution is 0.0938. The summed E-state index contributed by atoms with van der Waals surface area (Å²) in [6, 6.07) is 9.14. The number of H-pyrrole nitrogens is 1. The van der Waals surface area contributed by atoms with Gasteiger partial charge in [-0.1, -0.05) is 12.2 Å². The van der Waals surface area contributed by atoms with Crippen LogP contribution in [0.3, 0.4) is 0 Å². The maximum Gasteiger partial charge on any atom is 0.291 e. The molecule has 2 aromatic heterocycles. The van der Waals surface area contributed by atoms with Gasteiger partial charge in [-0.05, 0) is 59.3 Å². The molecule has 27 heavy (non-hydrogen) atoms. The normalized spacial score (nSPS) is 15.0. The maximum atomic E-state index is 13.0. The van der Waals surface area contributed by atoms with E-state index in [0.717, 1.165) is 11.3 Å². The molecule has 1 aliphatic rings. The van der Waals surface area contributed by atoms with Crippen LogP contribution in [-0.4, -0.2) is 26.5 Å². The minimum absolute atomic E-state index is 0.175. The number of carbonyl (C=O) groups is 1. The zero-order chi connectivity index (χ0) is 18.6. The van der Waals surface area contributed by atoms with Crippen LogP contribution in [-0.2, 0) is 0 Å². The van der Waals surface area contributed by atoms with Gasteiger partial charge < -0.3 is 9.73 Å². The minimum Gasteiger partial charge on any atom is -0.451 e. The van der Waals surface area contributed by atoms with Crippen molar-refractivity contribution in [2.24, 2.45) is 0 Å². The number of aromatic amines is 1. The van der Waals surface area contributed by atoms with E-state index in [4.69, 9.17) is 4.42 Å². The third-order valence-electron chi connectivity index (χ3n) is 3.91. The van der Waals surface area contributed by atoms with Gasteiger partial charge in [-0.3, -0.25) is 4.79 Å². The Morgan fingerprint density at radius 1 is 1.22 bits per heavy atom. The summed E-state index contributed by atoms with van der Waals surface area (Å²) in [6.45, 7) is 0. The summed E-state index contributed by atoms with van der Waals surface area (Å²) < 4.78 is 18.6. The van der Waals surface area contributed by atoms with Crippen LogP contribution in [0.4, 0.5) is 4.39 Å². The van der Waals surface area contributed by atoms with Gasteiger partial charge in [0, 0.05) is 17.7 Å². The van der Waals surface area contributed by atoms with Crippen molar-refractivity contribution in [3.8, 4) is 11.3 Å². The van der Waals surface area contributed by atoms with E-state index in [1.54, 1.807) is 30.3 Å². The molecule has 4 rings (SSSR count). The topological polar surface area (TPSA) is 96.7 Å². The van der Waals surface area contributed by atoms with Crippen molar-refractivity contribution in [2.45, 2.75) is 6.42 Å². The molecule has 0 saturated heterocycles. The van der Waals surface area contributed by atoms with Crippen LogP contribution in [0.5, 0.6) is 0 Å². The average Bonchev–Trinajstić information content (AvgIpc) is 3.35. The first-order valence-electron chi connectivity index (χ1n) is 8.16. The van der Waals surface area contributed by atoms with Gasteiger partial charge in [0.05, 0.1) is 0 Å². The molecule has 2 N–H and O–H groups in total. The number of allylic oxidation sites excluding steroid dienone is 4. The Balaban J connectivity index is 1.44. The molecule has 0 saturated carbocycles. The molecule has 1 aliphatic carbocycles. The lowest BCUT2D eigenvalue weighted by Crippen LogP contribution is -2.23. The van der Waals surface area contributed by atoms with Gasteiger partial charge in [0.1, 0.15) is 11.6 Å². The monoisotopic (exact) mass is 363 g/mol. The van der Waals surface area contributed by atoms with E-state index in [1.807, 2.05) is 18.2 Å². The second-order valence-electron chi connectivity index (χ2n) is 5.84. The Labute approximate surface area is 153 Å². The number of amides is 1. The van der Waals surface area contributed by atoms with Crippen molar-refractivity contribution < 1.29 is 13.6 Å². The van der Waals surface area contributed by atoms with Crippen LogP contribution in [0.2, 0.25) is 0 Å². The van der Waals surface area contributed by atoms with Crippen LogP contribution in [0.25, 0.3) is 17.4 Å². The molecular weight excluding hydrogens is 349 g/mol. The molecule has 0 unspecified atom stereocenters. The lowest BCUT2D eigenvalue weighted by atomic mass is 10.0. The molecule has 0 spiro atoms. The van der Waals surface area contributed by atoms with Crippen molar-refractivity contribution in [3.05, 3.63) is 83.3 Å². The zero-order valence-corrected chi connectivity index (χ0v) is 14.0. The van der Waals surface area contributed by atoms with E-state index in [-0.39, 0.29) is 17.5 Å². The van der Waals surface area contributed by atoms with Crippen molar-refractivity contribution >= 4 is 12.0 Å². The molecule has 0 atom stereocenters. The summed E-state index contributed by atoms with van der Waals surface area (Å²) in [6.07, 6.45) is 7.85. The highest BCUT2D eigenvalue weighted by Gasteiger charge is 2.15. The summed E-state index contributed by atoms with van der Waals surface area (Å²) in [5.41, 5.74) is 2.35. The van der Waals surface area contributed by atoms with E-state index >= 15 is 0 Å². The Bertz CT molecular complexity index is 1050. The molecule has 2 heterocycles. The van der Waals surface area contributed by atoms with Gasteiger partial charge in [-0.2, -0.15) is 5.21 Å². The van der Waals surface area contributed by atoms with Crippen LogP contribution >= 0.6 is 0 Å². The first-order chi connectivity index (χ1) is 13.2. The number of carbonyl (C=O) groups excluding carboxylic acids is 1. The number of hydrogen-bond donors (Lipinski definition) is 2. The van der Waals surface area contributed by atoms with Crippen molar-refractivity contribution in [1.29, 1.82) is 0 Å². The maximum absolute atomic E-state index is 13.0. The first-order valence-corrected chi connectivity index (χ1v) is 8.16. The van der Waals surface area contributed by atoms with E-state index in [9.17, 15) is 9.18 Å². The van der Waals surface area contributed by atoms with Gasteiger partial charge in [0.15, 0.2) is 11.6 Å². The highest BCUT2D eigenvalue weighted by Crippen LogP contribution is 2.23. The van der Waals surface area contributed by atoms with E-state index in [0.29, 0.717) is 23.6 Å². The predicted molar refractivity (Wildman–Crippen MR) is 95.6 cm³/mol. The Morgan fingerprint density at radius 2 is 2.07 bits per heavy atom. The average molecular weight is 363 g/mol. The smallest absolute Gasteiger partial charge is 0.291 e. The van der Waals surface area contributed by atoms with Crippen molar-refractivity contribution in [3.63, 3.8) is 0 Å². The quantitative estimate of drug-likeness (QED) is 0.742. The molecule has 0 radical (unpaired) electrons. The Hall–Kier alpha value is -3.81. The largest absolute Gasteiger partial charge is 0.451 e. The van der Waals surface area contributed by atoms with Gasteiger partial charge in [0.25, 0.3) is 5.91 Å². The van der Waals surface area contributed by atoms with Crippen LogP contribution < -0.4 is 5.32 Å². The fourth-order valence-corrected chi connectivity index (χ4v) is 2.64. The van der Waals surface area contributed by atoms with E-state index in [2.05, 4.69) is 25.9 Å². The van der Waals surface area contributed by atoms with Crippen LogP contribution in [0.1, 0.15) is 22.8 Å². The van der Waals surface area contributed by atoms with Gasteiger partial charge >= 0.3 is 0 Å². The number of benzene rings is 1. The number of nitrogens with zero attached hydrogens (tertiary/aromatic N) is 3. The number of halogens is 1. The second kappa shape index (κ2) is 7.20. The molecule has 1 aromatic carbocycles. The summed E-state index contributed by atoms with van der Waals surface area (Å²) in [5, 5.41) is 16.5. The predicted octanol–water partition coefficient (Wildman–Crippen LogP) is 3.26. The van der Waals surface area contributed by atoms with Gasteiger partial charge in [-0.25, -0.2) is 4.39 Å². The highest BCUT2D eigenvalue weighted by atomic mass is 19.1. The summed E-state index contributed by atoms with van der Waals surface area (Å²) in [7, 11) is 0. The molecule has 0 bridgehead atoms. The van der Waals surface area contributed by atoms with Crippen molar-refractivity contribution in [1.82, 2.24) is 25.9 Å². The zero-order valence-electron chi connectivity index (χ0n) is 14.0. The van der Waals surface area contributed by atoms with Crippen molar-refractivity contribution in [2.75, 3.05) is 0 Å². The number of nitrogens with one attached hydrogen (secondary N) is 2. The second-order valence-corrected chi connectivity index (χ2v) is 5.84. The Morgan fingerprint density at radius 3 is 2.85 bits per heavy atom. The standard InChI is InChI=1S/C19H14FN5O2/c20-14-6-4-13(5-7-14)16-8-9-17(27-16)19(26)21-15-3-1-2-12(10-15)11-18-22-24-25-23-18/h1-9,11H,10H2,(H,21,26)(H,22,23,24,25)/b12-11+. The molecule has 8 heteroatoms. The third-order valence-corrected chi connectivity index (χ3v) is 3.91. The molecule has 134 valence electrons. The van der Waals surface area contributed by atoms with E-state index < -0.39 is 0 Å². The molecule has 0 aliphatic heterocycles. The number of tetrazole rings is 1. The summed E-state index contributed by atoms with van der Waals surface area (Å²) in [4.78, 5) is 12.4. The molecular formula is C19H14FN5O2. The number of rotatable bonds is 4. The molecule has 0 fully saturated rings. The number of furan rings is 1. The third kappa shape index (κ3) is 3.90. The first kappa shape index (κ1) is 16.6. The summed E-state index contributed by atoms with van der Waals surface area (Å²) in [5.74, 6) is 0.454. The fraction of sp³-hybridized carbons (Fsp3) is 0.0526. The number of aromatic nitrogens is 4. The molecule has 3 aromatic rings. The Kier molecular flexibility index (Phi) is 4.44. The van der Waals surface area contributed by atoms with Gasteiger partial charge in [-0.15, -0.1) is 10.2 Å². The fourth-order valence-electron chi connectivity index (χ4n) is 2.64. The SMILES string of the molecule is O=C(NC1=CC=C/C(=C\c2nn[nH]n2)C1)c1ccc(-c2ccc(F)cc2)o1. The van der Waals surface area contributed by atoms with E-state index in [1.165, 1.54) is 12.1 Å². The van der Waals surface area contributed by atoms with Gasteiger partial charge in [0.2, 0.25) is 0 Å². The minimum atomic E-state index is -0.358. The van der Waals surface area contributed by atoms with Crippen LogP contribution in [0, 0.1) is 5.82 Å². The lowest BCUT2D eigenvalue weighted by Gasteiger charge is -2.12. The molecule has 7 nitrogen and oxygen atoms in total. The highest BCUT2D eigenvalue weighted by molar-refractivity contribution is 5.93. The van der Waals surface area contributed by atoms with Crippen LogP contribution in [0.15, 0.2) is 70.3 Å². The summed E-state index contributed by atoms with van der Waals surface area (Å²) >= 11 is 0. The number of hydrogen-bond acceptors (Lipinski definition) is 5.